The highest BCUT2D eigenvalue weighted by molar-refractivity contribution is 6.36. The highest BCUT2D eigenvalue weighted by Crippen LogP contribution is 2.28. The predicted octanol–water partition coefficient (Wildman–Crippen LogP) is 1.36. The van der Waals surface area contributed by atoms with Gasteiger partial charge in [-0.05, 0) is 26.7 Å². The van der Waals surface area contributed by atoms with E-state index in [0.29, 0.717) is 12.5 Å². The smallest absolute Gasteiger partial charge is 0.290 e. The van der Waals surface area contributed by atoms with Crippen molar-refractivity contribution in [1.82, 2.24) is 4.90 Å². The first-order chi connectivity index (χ1) is 6.07. The second-order valence-corrected chi connectivity index (χ2v) is 3.81. The fourth-order valence-corrected chi connectivity index (χ4v) is 1.47. The van der Waals surface area contributed by atoms with E-state index in [9.17, 15) is 9.59 Å². The van der Waals surface area contributed by atoms with Gasteiger partial charge in [-0.2, -0.15) is 0 Å². The van der Waals surface area contributed by atoms with Crippen molar-refractivity contribution in [2.75, 3.05) is 0 Å². The molecule has 0 spiro atoms. The number of Topliss-reactive ketones (excluding diaryl/α,β-unsaturated/α-hetero) is 1. The van der Waals surface area contributed by atoms with Crippen LogP contribution in [-0.4, -0.2) is 28.7 Å². The van der Waals surface area contributed by atoms with Gasteiger partial charge in [-0.25, -0.2) is 0 Å². The maximum atomic E-state index is 11.6. The van der Waals surface area contributed by atoms with Gasteiger partial charge in [0, 0.05) is 18.5 Å². The van der Waals surface area contributed by atoms with E-state index in [4.69, 9.17) is 0 Å². The number of hydrogen-bond acceptors (Lipinski definition) is 2. The number of amides is 1. The Balaban J connectivity index is 2.63. The van der Waals surface area contributed by atoms with Gasteiger partial charge in [-0.3, -0.25) is 9.59 Å². The minimum atomic E-state index is -0.292. The quantitative estimate of drug-likeness (QED) is 0.617. The molecule has 74 valence electrons. The Hall–Kier alpha value is -0.860. The molecule has 0 aromatic rings. The highest BCUT2D eigenvalue weighted by Gasteiger charge is 2.36. The van der Waals surface area contributed by atoms with E-state index >= 15 is 0 Å². The minimum absolute atomic E-state index is 0.149. The topological polar surface area (TPSA) is 37.4 Å². The molecule has 0 saturated heterocycles. The Bertz CT molecular complexity index is 217. The van der Waals surface area contributed by atoms with Crippen molar-refractivity contribution in [1.29, 1.82) is 0 Å². The van der Waals surface area contributed by atoms with Crippen LogP contribution in [0.4, 0.5) is 0 Å². The van der Waals surface area contributed by atoms with E-state index in [1.54, 1.807) is 11.8 Å². The summed E-state index contributed by atoms with van der Waals surface area (Å²) in [5.41, 5.74) is 0. The molecule has 1 aliphatic carbocycles. The van der Waals surface area contributed by atoms with Crippen molar-refractivity contribution >= 4 is 11.7 Å². The monoisotopic (exact) mass is 183 g/mol. The maximum Gasteiger partial charge on any atom is 0.290 e. The summed E-state index contributed by atoms with van der Waals surface area (Å²) < 4.78 is 0. The molecule has 13 heavy (non-hydrogen) atoms. The molecule has 1 rings (SSSR count). The molecule has 0 heterocycles. The largest absolute Gasteiger partial charge is 0.331 e. The van der Waals surface area contributed by atoms with Gasteiger partial charge < -0.3 is 4.90 Å². The standard InChI is InChI=1S/C10H17NO2/c1-4-9(12)10(13)11(7(2)3)8-5-6-8/h7-8H,4-6H2,1-3H3. The molecule has 0 aliphatic heterocycles. The van der Waals surface area contributed by atoms with Crippen LogP contribution in [0.25, 0.3) is 0 Å². The lowest BCUT2D eigenvalue weighted by Gasteiger charge is -2.25. The van der Waals surface area contributed by atoms with Crippen LogP contribution in [-0.2, 0) is 9.59 Å². The summed E-state index contributed by atoms with van der Waals surface area (Å²) >= 11 is 0. The first-order valence-corrected chi connectivity index (χ1v) is 4.93. The van der Waals surface area contributed by atoms with E-state index in [2.05, 4.69) is 0 Å². The van der Waals surface area contributed by atoms with Crippen LogP contribution in [0.3, 0.4) is 0 Å². The van der Waals surface area contributed by atoms with Gasteiger partial charge in [0.1, 0.15) is 0 Å². The third kappa shape index (κ3) is 2.29. The fourth-order valence-electron chi connectivity index (χ4n) is 1.47. The molecular formula is C10H17NO2. The summed E-state index contributed by atoms with van der Waals surface area (Å²) in [7, 11) is 0. The third-order valence-electron chi connectivity index (χ3n) is 2.29. The van der Waals surface area contributed by atoms with Gasteiger partial charge in [0.25, 0.3) is 5.91 Å². The zero-order valence-corrected chi connectivity index (χ0v) is 8.54. The van der Waals surface area contributed by atoms with Crippen molar-refractivity contribution < 1.29 is 9.59 Å². The molecule has 3 heteroatoms. The minimum Gasteiger partial charge on any atom is -0.331 e. The first-order valence-electron chi connectivity index (χ1n) is 4.93. The van der Waals surface area contributed by atoms with Crippen LogP contribution in [0.5, 0.6) is 0 Å². The lowest BCUT2D eigenvalue weighted by atomic mass is 10.2. The van der Waals surface area contributed by atoms with Crippen LogP contribution in [0.1, 0.15) is 40.0 Å². The average Bonchev–Trinajstić information content (AvgIpc) is 2.86. The molecular weight excluding hydrogens is 166 g/mol. The molecule has 1 amide bonds. The van der Waals surface area contributed by atoms with Gasteiger partial charge in [0.05, 0.1) is 0 Å². The normalized spacial score (nSPS) is 16.0. The van der Waals surface area contributed by atoms with Crippen LogP contribution in [0, 0.1) is 0 Å². The Morgan fingerprint density at radius 2 is 1.92 bits per heavy atom. The Kier molecular flexibility index (Phi) is 3.07. The number of nitrogens with zero attached hydrogens (tertiary/aromatic N) is 1. The van der Waals surface area contributed by atoms with Gasteiger partial charge in [-0.15, -0.1) is 0 Å². The Morgan fingerprint density at radius 1 is 1.38 bits per heavy atom. The molecule has 3 nitrogen and oxygen atoms in total. The van der Waals surface area contributed by atoms with Gasteiger partial charge in [0.2, 0.25) is 5.78 Å². The predicted molar refractivity (Wildman–Crippen MR) is 50.3 cm³/mol. The van der Waals surface area contributed by atoms with E-state index in [1.165, 1.54) is 0 Å². The summed E-state index contributed by atoms with van der Waals surface area (Å²) in [6.07, 6.45) is 2.43. The number of carbonyl (C=O) groups is 2. The molecule has 1 fully saturated rings. The van der Waals surface area contributed by atoms with E-state index in [-0.39, 0.29) is 17.7 Å². The van der Waals surface area contributed by atoms with Gasteiger partial charge in [-0.1, -0.05) is 6.92 Å². The third-order valence-corrected chi connectivity index (χ3v) is 2.29. The summed E-state index contributed by atoms with van der Waals surface area (Å²) in [6.45, 7) is 5.64. The molecule has 0 aromatic heterocycles. The van der Waals surface area contributed by atoms with Gasteiger partial charge >= 0.3 is 0 Å². The van der Waals surface area contributed by atoms with Crippen LogP contribution < -0.4 is 0 Å². The number of hydrogen-bond donors (Lipinski definition) is 0. The van der Waals surface area contributed by atoms with Crippen molar-refractivity contribution in [3.05, 3.63) is 0 Å². The van der Waals surface area contributed by atoms with Gasteiger partial charge in [0.15, 0.2) is 0 Å². The molecule has 0 radical (unpaired) electrons. The number of ketones is 1. The lowest BCUT2D eigenvalue weighted by molar-refractivity contribution is -0.146. The van der Waals surface area contributed by atoms with Crippen LogP contribution in [0.15, 0.2) is 0 Å². The molecule has 0 unspecified atom stereocenters. The molecule has 0 bridgehead atoms. The molecule has 0 N–H and O–H groups in total. The Labute approximate surface area is 79.1 Å². The first kappa shape index (κ1) is 10.2. The lowest BCUT2D eigenvalue weighted by Crippen LogP contribution is -2.42. The number of carbonyl (C=O) groups excluding carboxylic acids is 2. The SMILES string of the molecule is CCC(=O)C(=O)N(C(C)C)C1CC1. The van der Waals surface area contributed by atoms with E-state index in [0.717, 1.165) is 12.8 Å². The molecule has 0 aromatic carbocycles. The van der Waals surface area contributed by atoms with Crippen LogP contribution in [0.2, 0.25) is 0 Å². The molecule has 1 aliphatic rings. The molecule has 0 atom stereocenters. The summed E-state index contributed by atoms with van der Waals surface area (Å²) in [4.78, 5) is 24.5. The van der Waals surface area contributed by atoms with Crippen molar-refractivity contribution in [3.63, 3.8) is 0 Å². The summed E-state index contributed by atoms with van der Waals surface area (Å²) in [5, 5.41) is 0. The van der Waals surface area contributed by atoms with Crippen molar-refractivity contribution in [2.24, 2.45) is 0 Å². The zero-order chi connectivity index (χ0) is 10.0. The fraction of sp³-hybridized carbons (Fsp3) is 0.800. The summed E-state index contributed by atoms with van der Waals surface area (Å²) in [5.74, 6) is -0.555. The Morgan fingerprint density at radius 3 is 2.23 bits per heavy atom. The van der Waals surface area contributed by atoms with Crippen LogP contribution >= 0.6 is 0 Å². The van der Waals surface area contributed by atoms with Crippen molar-refractivity contribution in [3.8, 4) is 0 Å². The maximum absolute atomic E-state index is 11.6. The zero-order valence-electron chi connectivity index (χ0n) is 8.54. The van der Waals surface area contributed by atoms with Crippen molar-refractivity contribution in [2.45, 2.75) is 52.1 Å². The second kappa shape index (κ2) is 3.90. The molecule has 1 saturated carbocycles. The second-order valence-electron chi connectivity index (χ2n) is 3.81. The van der Waals surface area contributed by atoms with E-state index in [1.807, 2.05) is 13.8 Å². The number of rotatable bonds is 4. The average molecular weight is 183 g/mol. The van der Waals surface area contributed by atoms with E-state index < -0.39 is 0 Å². The highest BCUT2D eigenvalue weighted by atomic mass is 16.2. The summed E-state index contributed by atoms with van der Waals surface area (Å²) in [6, 6.07) is 0.485.